The van der Waals surface area contributed by atoms with E-state index < -0.39 is 0 Å². The number of aromatic nitrogens is 1. The molecule has 0 unspecified atom stereocenters. The van der Waals surface area contributed by atoms with Gasteiger partial charge in [-0.05, 0) is 45.0 Å². The summed E-state index contributed by atoms with van der Waals surface area (Å²) in [7, 11) is 2.20. The maximum atomic E-state index is 2.37. The zero-order valence-electron chi connectivity index (χ0n) is 17.8. The van der Waals surface area contributed by atoms with Crippen molar-refractivity contribution < 1.29 is 0 Å². The summed E-state index contributed by atoms with van der Waals surface area (Å²) in [5.41, 5.74) is 12.9. The van der Waals surface area contributed by atoms with Gasteiger partial charge in [-0.25, -0.2) is 0 Å². The van der Waals surface area contributed by atoms with Crippen LogP contribution in [-0.2, 0) is 7.05 Å². The van der Waals surface area contributed by atoms with Gasteiger partial charge in [0.25, 0.3) is 0 Å². The molecule has 0 aliphatic heterocycles. The molecule has 0 N–H and O–H groups in total. The molecule has 0 saturated carbocycles. The van der Waals surface area contributed by atoms with Crippen molar-refractivity contribution in [2.75, 3.05) is 0 Å². The minimum absolute atomic E-state index is 1.27. The number of nitrogens with zero attached hydrogens (tertiary/aromatic N) is 1. The molecule has 0 amide bonds. The molecule has 0 spiro atoms. The molecule has 0 fully saturated rings. The fourth-order valence-electron chi connectivity index (χ4n) is 5.61. The monoisotopic (exact) mass is 407 g/mol. The van der Waals surface area contributed by atoms with Crippen molar-refractivity contribution in [2.45, 2.75) is 0 Å². The molecular formula is C31H21N. The molecule has 5 aromatic carbocycles. The Hall–Kier alpha value is -4.10. The molecule has 0 saturated heterocycles. The molecule has 32 heavy (non-hydrogen) atoms. The Morgan fingerprint density at radius 3 is 1.50 bits per heavy atom. The van der Waals surface area contributed by atoms with Gasteiger partial charge in [0.05, 0.1) is 5.52 Å². The predicted octanol–water partition coefficient (Wildman–Crippen LogP) is 8.31. The fourth-order valence-corrected chi connectivity index (χ4v) is 5.61. The van der Waals surface area contributed by atoms with E-state index in [9.17, 15) is 0 Å². The van der Waals surface area contributed by atoms with Gasteiger partial charge in [0.2, 0.25) is 0 Å². The minimum atomic E-state index is 1.27. The number of hydrogen-bond acceptors (Lipinski definition) is 0. The predicted molar refractivity (Wildman–Crippen MR) is 136 cm³/mol. The van der Waals surface area contributed by atoms with E-state index in [1.807, 2.05) is 0 Å². The average Bonchev–Trinajstić information content (AvgIpc) is 3.15. The van der Waals surface area contributed by atoms with Crippen LogP contribution in [0.2, 0.25) is 0 Å². The van der Waals surface area contributed by atoms with Gasteiger partial charge in [-0.15, -0.1) is 0 Å². The third kappa shape index (κ3) is 2.23. The first kappa shape index (κ1) is 17.6. The zero-order chi connectivity index (χ0) is 21.2. The topological polar surface area (TPSA) is 4.93 Å². The third-order valence-electron chi connectivity index (χ3n) is 6.99. The highest BCUT2D eigenvalue weighted by atomic mass is 14.9. The summed E-state index contributed by atoms with van der Waals surface area (Å²) in [4.78, 5) is 0. The van der Waals surface area contributed by atoms with Crippen LogP contribution in [-0.4, -0.2) is 4.57 Å². The maximum Gasteiger partial charge on any atom is 0.0574 e. The standard InChI is InChI=1S/C31H21N/c1-32-29-17-9-8-15-25(29)28-19-18-27-24-14-5-4-12-22(24)20-10-2-3-11-21(20)23-13-6-7-16-26(23)30(27)31(28)32/h2-19H,1H3. The number of benzene rings is 5. The van der Waals surface area contributed by atoms with Gasteiger partial charge < -0.3 is 4.57 Å². The van der Waals surface area contributed by atoms with Crippen LogP contribution < -0.4 is 0 Å². The largest absolute Gasteiger partial charge is 0.343 e. The lowest BCUT2D eigenvalue weighted by Crippen LogP contribution is -1.99. The van der Waals surface area contributed by atoms with Crippen LogP contribution in [0.15, 0.2) is 109 Å². The van der Waals surface area contributed by atoms with Gasteiger partial charge in [-0.2, -0.15) is 0 Å². The van der Waals surface area contributed by atoms with Crippen molar-refractivity contribution in [1.29, 1.82) is 0 Å². The molecule has 1 heteroatoms. The van der Waals surface area contributed by atoms with Gasteiger partial charge in [-0.3, -0.25) is 0 Å². The summed E-state index contributed by atoms with van der Waals surface area (Å²) >= 11 is 0. The number of hydrogen-bond donors (Lipinski definition) is 0. The highest BCUT2D eigenvalue weighted by Crippen LogP contribution is 2.50. The number of fused-ring (bicyclic) bond motifs is 12. The lowest BCUT2D eigenvalue weighted by molar-refractivity contribution is 1.02. The van der Waals surface area contributed by atoms with Crippen molar-refractivity contribution in [3.63, 3.8) is 0 Å². The Morgan fingerprint density at radius 1 is 0.406 bits per heavy atom. The van der Waals surface area contributed by atoms with Crippen LogP contribution in [0.1, 0.15) is 0 Å². The minimum Gasteiger partial charge on any atom is -0.343 e. The van der Waals surface area contributed by atoms with E-state index in [1.165, 1.54) is 66.3 Å². The van der Waals surface area contributed by atoms with E-state index in [1.54, 1.807) is 0 Å². The first-order valence-electron chi connectivity index (χ1n) is 11.1. The Balaban J connectivity index is 1.76. The van der Waals surface area contributed by atoms with Crippen LogP contribution >= 0.6 is 0 Å². The van der Waals surface area contributed by atoms with Gasteiger partial charge in [-0.1, -0.05) is 103 Å². The van der Waals surface area contributed by atoms with Crippen LogP contribution in [0.4, 0.5) is 0 Å². The van der Waals surface area contributed by atoms with E-state index in [0.29, 0.717) is 0 Å². The lowest BCUT2D eigenvalue weighted by atomic mass is 9.80. The molecular weight excluding hydrogens is 386 g/mol. The highest BCUT2D eigenvalue weighted by molar-refractivity contribution is 6.18. The van der Waals surface area contributed by atoms with E-state index >= 15 is 0 Å². The molecule has 0 radical (unpaired) electrons. The van der Waals surface area contributed by atoms with Crippen molar-refractivity contribution in [2.24, 2.45) is 7.05 Å². The molecule has 6 aromatic rings. The van der Waals surface area contributed by atoms with E-state index in [0.717, 1.165) is 0 Å². The maximum absolute atomic E-state index is 2.37. The Bertz CT molecular complexity index is 1680. The van der Waals surface area contributed by atoms with Gasteiger partial charge in [0, 0.05) is 28.9 Å². The third-order valence-corrected chi connectivity index (χ3v) is 6.99. The van der Waals surface area contributed by atoms with Crippen LogP contribution in [0.25, 0.3) is 66.3 Å². The molecule has 0 atom stereocenters. The molecule has 1 aromatic heterocycles. The first-order valence-corrected chi connectivity index (χ1v) is 11.1. The second kappa shape index (κ2) is 6.45. The van der Waals surface area contributed by atoms with E-state index in [4.69, 9.17) is 0 Å². The summed E-state index contributed by atoms with van der Waals surface area (Å²) < 4.78 is 2.37. The normalized spacial score (nSPS) is 11.9. The van der Waals surface area contributed by atoms with Crippen molar-refractivity contribution >= 4 is 21.8 Å². The molecule has 1 aliphatic carbocycles. The molecule has 150 valence electrons. The lowest BCUT2D eigenvalue weighted by Gasteiger charge is -2.24. The SMILES string of the molecule is Cn1c2ccccc2c2ccc3c(c21)-c1ccccc1-c1ccccc1-c1ccccc1-3. The van der Waals surface area contributed by atoms with Gasteiger partial charge in [0.1, 0.15) is 0 Å². The molecule has 1 heterocycles. The van der Waals surface area contributed by atoms with E-state index in [2.05, 4.69) is 121 Å². The zero-order valence-corrected chi connectivity index (χ0v) is 17.8. The molecule has 7 rings (SSSR count). The number of aryl methyl sites for hydroxylation is 1. The van der Waals surface area contributed by atoms with Crippen LogP contribution in [0.5, 0.6) is 0 Å². The second-order valence-corrected chi connectivity index (χ2v) is 8.60. The average molecular weight is 408 g/mol. The van der Waals surface area contributed by atoms with Crippen molar-refractivity contribution in [3.8, 4) is 44.5 Å². The summed E-state index contributed by atoms with van der Waals surface area (Å²) in [5.74, 6) is 0. The number of para-hydroxylation sites is 1. The molecule has 0 bridgehead atoms. The first-order chi connectivity index (χ1) is 15.8. The summed E-state index contributed by atoms with van der Waals surface area (Å²) in [6.07, 6.45) is 0. The van der Waals surface area contributed by atoms with Crippen LogP contribution in [0.3, 0.4) is 0 Å². The summed E-state index contributed by atoms with van der Waals surface area (Å²) in [6, 6.07) is 39.9. The van der Waals surface area contributed by atoms with Crippen molar-refractivity contribution in [3.05, 3.63) is 109 Å². The summed E-state index contributed by atoms with van der Waals surface area (Å²) in [5, 5.41) is 2.61. The second-order valence-electron chi connectivity index (χ2n) is 8.60. The van der Waals surface area contributed by atoms with Crippen molar-refractivity contribution in [1.82, 2.24) is 4.57 Å². The highest BCUT2D eigenvalue weighted by Gasteiger charge is 2.24. The molecule has 1 aliphatic rings. The van der Waals surface area contributed by atoms with Crippen LogP contribution in [0, 0.1) is 0 Å². The Kier molecular flexibility index (Phi) is 3.54. The smallest absolute Gasteiger partial charge is 0.0574 e. The fraction of sp³-hybridized carbons (Fsp3) is 0.0323. The Labute approximate surface area is 187 Å². The number of rotatable bonds is 0. The van der Waals surface area contributed by atoms with Gasteiger partial charge in [0.15, 0.2) is 0 Å². The van der Waals surface area contributed by atoms with E-state index in [-0.39, 0.29) is 0 Å². The van der Waals surface area contributed by atoms with Gasteiger partial charge >= 0.3 is 0 Å². The molecule has 1 nitrogen and oxygen atoms in total. The Morgan fingerprint density at radius 2 is 0.875 bits per heavy atom. The quantitative estimate of drug-likeness (QED) is 0.238. The summed E-state index contributed by atoms with van der Waals surface area (Å²) in [6.45, 7) is 0.